The van der Waals surface area contributed by atoms with Crippen molar-refractivity contribution in [1.82, 2.24) is 4.98 Å². The van der Waals surface area contributed by atoms with E-state index in [9.17, 15) is 19.7 Å². The Hall–Kier alpha value is -2.97. The van der Waals surface area contributed by atoms with Crippen molar-refractivity contribution in [3.8, 4) is 0 Å². The zero-order valence-electron chi connectivity index (χ0n) is 12.1. The summed E-state index contributed by atoms with van der Waals surface area (Å²) >= 11 is 0. The topological polar surface area (TPSA) is 121 Å². The van der Waals surface area contributed by atoms with E-state index in [-0.39, 0.29) is 18.9 Å². The van der Waals surface area contributed by atoms with Gasteiger partial charge in [-0.25, -0.2) is 9.59 Å². The summed E-state index contributed by atoms with van der Waals surface area (Å²) in [5, 5.41) is 13.3. The van der Waals surface area contributed by atoms with E-state index in [0.29, 0.717) is 0 Å². The Bertz CT molecular complexity index is 579. The fourth-order valence-electron chi connectivity index (χ4n) is 1.42. The van der Waals surface area contributed by atoms with E-state index in [1.807, 2.05) is 0 Å². The third-order valence-electron chi connectivity index (χ3n) is 2.32. The largest absolute Gasteiger partial charge is 0.462 e. The van der Waals surface area contributed by atoms with Crippen molar-refractivity contribution in [2.24, 2.45) is 0 Å². The molecule has 1 rings (SSSR count). The van der Waals surface area contributed by atoms with Crippen LogP contribution in [0.5, 0.6) is 0 Å². The van der Waals surface area contributed by atoms with Crippen molar-refractivity contribution >= 4 is 23.4 Å². The summed E-state index contributed by atoms with van der Waals surface area (Å²) in [7, 11) is 0. The Kier molecular flexibility index (Phi) is 6.48. The summed E-state index contributed by atoms with van der Waals surface area (Å²) in [6, 6.07) is 2.85. The predicted octanol–water partition coefficient (Wildman–Crippen LogP) is 1.41. The molecule has 0 aromatic carbocycles. The highest BCUT2D eigenvalue weighted by molar-refractivity contribution is 6.14. The molecule has 1 aromatic rings. The highest BCUT2D eigenvalue weighted by Crippen LogP contribution is 2.20. The lowest BCUT2D eigenvalue weighted by Gasteiger charge is -2.07. The smallest absolute Gasteiger partial charge is 0.387 e. The molecule has 0 saturated carbocycles. The van der Waals surface area contributed by atoms with Crippen molar-refractivity contribution in [3.05, 3.63) is 40.2 Å². The summed E-state index contributed by atoms with van der Waals surface area (Å²) in [4.78, 5) is 37.2. The van der Waals surface area contributed by atoms with Crippen molar-refractivity contribution in [1.29, 1.82) is 0 Å². The zero-order chi connectivity index (χ0) is 16.5. The van der Waals surface area contributed by atoms with Gasteiger partial charge in [0.2, 0.25) is 0 Å². The standard InChI is InChI=1S/C13H15N3O6/c1-3-21-12(17)9(13(18)22-4-2)8-15-10-6-5-7-14-11(10)16(19)20/h5-8,15H,3-4H2,1-2H3. The molecular weight excluding hydrogens is 294 g/mol. The molecule has 9 heteroatoms. The van der Waals surface area contributed by atoms with Gasteiger partial charge in [-0.1, -0.05) is 0 Å². The summed E-state index contributed by atoms with van der Waals surface area (Å²) in [5.41, 5.74) is -0.375. The predicted molar refractivity (Wildman–Crippen MR) is 75.9 cm³/mol. The van der Waals surface area contributed by atoms with E-state index in [2.05, 4.69) is 10.3 Å². The van der Waals surface area contributed by atoms with E-state index in [1.54, 1.807) is 13.8 Å². The maximum absolute atomic E-state index is 11.7. The highest BCUT2D eigenvalue weighted by Gasteiger charge is 2.22. The Labute approximate surface area is 126 Å². The van der Waals surface area contributed by atoms with Gasteiger partial charge in [-0.05, 0) is 35.9 Å². The number of hydrogen-bond acceptors (Lipinski definition) is 8. The molecular formula is C13H15N3O6. The molecule has 118 valence electrons. The maximum Gasteiger partial charge on any atom is 0.387 e. The van der Waals surface area contributed by atoms with Crippen LogP contribution in [0.15, 0.2) is 30.1 Å². The van der Waals surface area contributed by atoms with Crippen LogP contribution in [0.1, 0.15) is 13.8 Å². The van der Waals surface area contributed by atoms with Crippen LogP contribution in [0.3, 0.4) is 0 Å². The first-order valence-electron chi connectivity index (χ1n) is 6.41. The molecule has 0 unspecified atom stereocenters. The summed E-state index contributed by atoms with van der Waals surface area (Å²) < 4.78 is 9.48. The van der Waals surface area contributed by atoms with E-state index >= 15 is 0 Å². The Balaban J connectivity index is 3.05. The Morgan fingerprint density at radius 1 is 1.32 bits per heavy atom. The second kappa shape index (κ2) is 8.35. The molecule has 9 nitrogen and oxygen atoms in total. The summed E-state index contributed by atoms with van der Waals surface area (Å²) in [6.07, 6.45) is 2.25. The number of nitrogens with zero attached hydrogens (tertiary/aromatic N) is 2. The number of rotatable bonds is 7. The highest BCUT2D eigenvalue weighted by atomic mass is 16.6. The minimum Gasteiger partial charge on any atom is -0.462 e. The molecule has 1 N–H and O–H groups in total. The fraction of sp³-hybridized carbons (Fsp3) is 0.308. The lowest BCUT2D eigenvalue weighted by atomic mass is 10.3. The number of carbonyl (C=O) groups is 2. The number of nitrogens with one attached hydrogen (secondary N) is 1. The molecule has 0 spiro atoms. The number of ether oxygens (including phenoxy) is 2. The molecule has 0 bridgehead atoms. The number of esters is 2. The van der Waals surface area contributed by atoms with E-state index in [0.717, 1.165) is 6.20 Å². The van der Waals surface area contributed by atoms with Crippen LogP contribution in [0.4, 0.5) is 11.5 Å². The van der Waals surface area contributed by atoms with E-state index in [1.165, 1.54) is 18.3 Å². The van der Waals surface area contributed by atoms with Gasteiger partial charge in [0.15, 0.2) is 5.57 Å². The maximum atomic E-state index is 11.7. The van der Waals surface area contributed by atoms with E-state index < -0.39 is 28.3 Å². The quantitative estimate of drug-likeness (QED) is 0.200. The van der Waals surface area contributed by atoms with Gasteiger partial charge in [0.05, 0.1) is 13.2 Å². The van der Waals surface area contributed by atoms with Crippen LogP contribution in [-0.4, -0.2) is 35.1 Å². The number of anilines is 1. The molecule has 0 atom stereocenters. The Morgan fingerprint density at radius 3 is 2.41 bits per heavy atom. The van der Waals surface area contributed by atoms with Gasteiger partial charge in [0, 0.05) is 6.20 Å². The molecule has 1 heterocycles. The Morgan fingerprint density at radius 2 is 1.91 bits per heavy atom. The molecule has 0 aliphatic rings. The monoisotopic (exact) mass is 309 g/mol. The average Bonchev–Trinajstić information content (AvgIpc) is 2.48. The third kappa shape index (κ3) is 4.54. The summed E-state index contributed by atoms with van der Waals surface area (Å²) in [6.45, 7) is 3.31. The SMILES string of the molecule is CCOC(=O)C(=CNc1cccnc1[N+](=O)[O-])C(=O)OCC. The molecule has 0 fully saturated rings. The second-order valence-electron chi connectivity index (χ2n) is 3.77. The van der Waals surface area contributed by atoms with Gasteiger partial charge in [-0.15, -0.1) is 0 Å². The van der Waals surface area contributed by atoms with Crippen LogP contribution >= 0.6 is 0 Å². The third-order valence-corrected chi connectivity index (χ3v) is 2.32. The molecule has 0 aliphatic heterocycles. The van der Waals surface area contributed by atoms with Gasteiger partial charge in [-0.3, -0.25) is 0 Å². The second-order valence-corrected chi connectivity index (χ2v) is 3.77. The number of carbonyl (C=O) groups excluding carboxylic acids is 2. The fourth-order valence-corrected chi connectivity index (χ4v) is 1.42. The first kappa shape index (κ1) is 17.1. The van der Waals surface area contributed by atoms with Gasteiger partial charge in [0.25, 0.3) is 0 Å². The van der Waals surface area contributed by atoms with Crippen LogP contribution in [0, 0.1) is 10.1 Å². The molecule has 0 saturated heterocycles. The van der Waals surface area contributed by atoms with Crippen molar-refractivity contribution in [2.45, 2.75) is 13.8 Å². The number of pyridine rings is 1. The lowest BCUT2D eigenvalue weighted by Crippen LogP contribution is -2.19. The molecule has 0 radical (unpaired) electrons. The minimum atomic E-state index is -0.889. The van der Waals surface area contributed by atoms with Crippen LogP contribution in [0.25, 0.3) is 0 Å². The zero-order valence-corrected chi connectivity index (χ0v) is 12.1. The molecule has 0 amide bonds. The lowest BCUT2D eigenvalue weighted by molar-refractivity contribution is -0.388. The molecule has 1 aromatic heterocycles. The first-order chi connectivity index (χ1) is 10.5. The van der Waals surface area contributed by atoms with Gasteiger partial charge < -0.3 is 24.9 Å². The normalized spacial score (nSPS) is 9.55. The average molecular weight is 309 g/mol. The molecule has 0 aliphatic carbocycles. The van der Waals surface area contributed by atoms with Crippen LogP contribution in [-0.2, 0) is 19.1 Å². The first-order valence-corrected chi connectivity index (χ1v) is 6.41. The van der Waals surface area contributed by atoms with Crippen molar-refractivity contribution < 1.29 is 24.0 Å². The number of hydrogen-bond donors (Lipinski definition) is 1. The van der Waals surface area contributed by atoms with Gasteiger partial charge >= 0.3 is 17.8 Å². The number of nitro groups is 1. The minimum absolute atomic E-state index is 0.0265. The van der Waals surface area contributed by atoms with Crippen LogP contribution in [0.2, 0.25) is 0 Å². The van der Waals surface area contributed by atoms with Crippen LogP contribution < -0.4 is 5.32 Å². The summed E-state index contributed by atoms with van der Waals surface area (Å²) in [5.74, 6) is -2.22. The molecule has 22 heavy (non-hydrogen) atoms. The number of aromatic nitrogens is 1. The van der Waals surface area contributed by atoms with Crippen molar-refractivity contribution in [2.75, 3.05) is 18.5 Å². The van der Waals surface area contributed by atoms with Gasteiger partial charge in [-0.2, -0.15) is 0 Å². The van der Waals surface area contributed by atoms with Crippen molar-refractivity contribution in [3.63, 3.8) is 0 Å². The van der Waals surface area contributed by atoms with Gasteiger partial charge in [0.1, 0.15) is 11.9 Å². The van der Waals surface area contributed by atoms with E-state index in [4.69, 9.17) is 9.47 Å².